The Kier molecular flexibility index (Phi) is 5.34. The molecule has 25 heavy (non-hydrogen) atoms. The van der Waals surface area contributed by atoms with Gasteiger partial charge in [0.05, 0.1) is 0 Å². The highest BCUT2D eigenvalue weighted by Gasteiger charge is 2.29. The van der Waals surface area contributed by atoms with Crippen LogP contribution in [-0.2, 0) is 5.41 Å². The fourth-order valence-electron chi connectivity index (χ4n) is 3.07. The van der Waals surface area contributed by atoms with Crippen LogP contribution >= 0.6 is 11.3 Å². The number of aromatic nitrogens is 2. The number of benzene rings is 1. The molecular weight excluding hydrogens is 336 g/mol. The second-order valence-corrected chi connectivity index (χ2v) is 7.95. The van der Waals surface area contributed by atoms with E-state index in [0.717, 1.165) is 23.4 Å². The summed E-state index contributed by atoms with van der Waals surface area (Å²) in [5.41, 5.74) is 0.889. The summed E-state index contributed by atoms with van der Waals surface area (Å²) in [7, 11) is 0. The van der Waals surface area contributed by atoms with Gasteiger partial charge in [-0.15, -0.1) is 10.2 Å². The van der Waals surface area contributed by atoms with Crippen molar-refractivity contribution in [3.05, 3.63) is 40.9 Å². The summed E-state index contributed by atoms with van der Waals surface area (Å²) in [5, 5.41) is 22.0. The molecule has 1 fully saturated rings. The number of likely N-dealkylation sites (tertiary alicyclic amines) is 1. The molecule has 0 aliphatic carbocycles. The van der Waals surface area contributed by atoms with Gasteiger partial charge in [0, 0.05) is 25.1 Å². The molecule has 1 aliphatic rings. The number of urea groups is 1. The Bertz CT molecular complexity index is 717. The molecule has 2 heterocycles. The lowest BCUT2D eigenvalue weighted by Gasteiger charge is -2.31. The fraction of sp³-hybridized carbons (Fsp3) is 0.500. The van der Waals surface area contributed by atoms with Crippen molar-refractivity contribution in [2.75, 3.05) is 25.0 Å². The van der Waals surface area contributed by atoms with Gasteiger partial charge in [-0.3, -0.25) is 5.32 Å². The van der Waals surface area contributed by atoms with Gasteiger partial charge in [-0.2, -0.15) is 0 Å². The molecule has 0 spiro atoms. The van der Waals surface area contributed by atoms with E-state index >= 15 is 0 Å². The number of anilines is 1. The average Bonchev–Trinajstić information content (AvgIpc) is 3.12. The number of hydrogen-bond acceptors (Lipinski definition) is 5. The Morgan fingerprint density at radius 1 is 1.36 bits per heavy atom. The molecule has 1 unspecified atom stereocenters. The first-order valence-corrected chi connectivity index (χ1v) is 9.38. The van der Waals surface area contributed by atoms with E-state index in [1.165, 1.54) is 11.3 Å². The standard InChI is InChI=1S/C18H24N4O2S/c1-18(2,14-8-4-3-5-9-14)15-20-21-16(25-15)19-17(24)22-10-6-7-13(11-22)12-23/h3-5,8-9,13,23H,6-7,10-12H2,1-2H3,(H,19,21,24). The van der Waals surface area contributed by atoms with Crippen molar-refractivity contribution in [1.82, 2.24) is 15.1 Å². The average molecular weight is 360 g/mol. The molecule has 0 radical (unpaired) electrons. The summed E-state index contributed by atoms with van der Waals surface area (Å²) in [6.45, 7) is 5.63. The van der Waals surface area contributed by atoms with Crippen LogP contribution < -0.4 is 5.32 Å². The number of hydrogen-bond donors (Lipinski definition) is 2. The summed E-state index contributed by atoms with van der Waals surface area (Å²) >= 11 is 1.40. The van der Waals surface area contributed by atoms with Crippen LogP contribution in [0.3, 0.4) is 0 Å². The van der Waals surface area contributed by atoms with Gasteiger partial charge in [0.25, 0.3) is 0 Å². The molecule has 0 saturated carbocycles. The molecule has 6 nitrogen and oxygen atoms in total. The molecule has 1 atom stereocenters. The predicted octanol–water partition coefficient (Wildman–Crippen LogP) is 3.10. The SMILES string of the molecule is CC(C)(c1ccccc1)c1nnc(NC(=O)N2CCCC(CO)C2)s1. The van der Waals surface area contributed by atoms with Gasteiger partial charge in [0.15, 0.2) is 0 Å². The first-order chi connectivity index (χ1) is 12.0. The number of aliphatic hydroxyl groups excluding tert-OH is 1. The first kappa shape index (κ1) is 17.8. The van der Waals surface area contributed by atoms with Crippen LogP contribution in [0.1, 0.15) is 37.3 Å². The van der Waals surface area contributed by atoms with Gasteiger partial charge in [-0.1, -0.05) is 41.7 Å². The molecule has 1 saturated heterocycles. The van der Waals surface area contributed by atoms with E-state index < -0.39 is 0 Å². The van der Waals surface area contributed by atoms with Crippen molar-refractivity contribution in [3.8, 4) is 0 Å². The Labute approximate surface area is 151 Å². The van der Waals surface area contributed by atoms with Crippen molar-refractivity contribution < 1.29 is 9.90 Å². The zero-order valence-electron chi connectivity index (χ0n) is 14.6. The number of carbonyl (C=O) groups is 1. The second kappa shape index (κ2) is 7.49. The van der Waals surface area contributed by atoms with Gasteiger partial charge >= 0.3 is 6.03 Å². The lowest BCUT2D eigenvalue weighted by Crippen LogP contribution is -2.43. The third kappa shape index (κ3) is 3.99. The number of aliphatic hydroxyl groups is 1. The monoisotopic (exact) mass is 360 g/mol. The quantitative estimate of drug-likeness (QED) is 0.878. The number of nitrogens with one attached hydrogen (secondary N) is 1. The lowest BCUT2D eigenvalue weighted by atomic mass is 9.85. The number of nitrogens with zero attached hydrogens (tertiary/aromatic N) is 3. The summed E-state index contributed by atoms with van der Waals surface area (Å²) in [5.74, 6) is 0.168. The smallest absolute Gasteiger partial charge is 0.323 e. The minimum atomic E-state index is -0.269. The zero-order valence-corrected chi connectivity index (χ0v) is 15.4. The first-order valence-electron chi connectivity index (χ1n) is 8.57. The van der Waals surface area contributed by atoms with E-state index in [9.17, 15) is 9.90 Å². The van der Waals surface area contributed by atoms with Crippen molar-refractivity contribution in [3.63, 3.8) is 0 Å². The Hall–Kier alpha value is -1.99. The highest BCUT2D eigenvalue weighted by molar-refractivity contribution is 7.15. The number of amides is 2. The van der Waals surface area contributed by atoms with Crippen LogP contribution in [0.4, 0.5) is 9.93 Å². The highest BCUT2D eigenvalue weighted by Crippen LogP contribution is 2.34. The van der Waals surface area contributed by atoms with E-state index in [0.29, 0.717) is 18.2 Å². The van der Waals surface area contributed by atoms with Crippen LogP contribution in [0.15, 0.2) is 30.3 Å². The fourth-order valence-corrected chi connectivity index (χ4v) is 3.93. The van der Waals surface area contributed by atoms with Gasteiger partial charge in [-0.05, 0) is 38.2 Å². The maximum absolute atomic E-state index is 12.4. The van der Waals surface area contributed by atoms with E-state index in [1.807, 2.05) is 18.2 Å². The van der Waals surface area contributed by atoms with E-state index in [2.05, 4.69) is 41.5 Å². The highest BCUT2D eigenvalue weighted by atomic mass is 32.1. The van der Waals surface area contributed by atoms with E-state index in [1.54, 1.807) is 4.90 Å². The maximum Gasteiger partial charge on any atom is 0.323 e. The maximum atomic E-state index is 12.4. The molecule has 3 rings (SSSR count). The van der Waals surface area contributed by atoms with Crippen LogP contribution in [0.5, 0.6) is 0 Å². The van der Waals surface area contributed by atoms with Crippen LogP contribution in [0, 0.1) is 5.92 Å². The minimum absolute atomic E-state index is 0.123. The van der Waals surface area contributed by atoms with Gasteiger partial charge < -0.3 is 10.0 Å². The van der Waals surface area contributed by atoms with Crippen molar-refractivity contribution in [2.24, 2.45) is 5.92 Å². The van der Waals surface area contributed by atoms with Gasteiger partial charge in [0.1, 0.15) is 5.01 Å². The topological polar surface area (TPSA) is 78.4 Å². The van der Waals surface area contributed by atoms with E-state index in [-0.39, 0.29) is 24.0 Å². The second-order valence-electron chi connectivity index (χ2n) is 6.97. The molecule has 2 aromatic rings. The lowest BCUT2D eigenvalue weighted by molar-refractivity contribution is 0.136. The van der Waals surface area contributed by atoms with Crippen LogP contribution in [0.2, 0.25) is 0 Å². The largest absolute Gasteiger partial charge is 0.396 e. The van der Waals surface area contributed by atoms with Crippen LogP contribution in [-0.4, -0.2) is 45.9 Å². The summed E-state index contributed by atoms with van der Waals surface area (Å²) < 4.78 is 0. The number of carbonyl (C=O) groups excluding carboxylic acids is 1. The summed E-state index contributed by atoms with van der Waals surface area (Å²) in [6.07, 6.45) is 1.88. The molecule has 2 amide bonds. The number of piperidine rings is 1. The van der Waals surface area contributed by atoms with Crippen molar-refractivity contribution >= 4 is 22.5 Å². The van der Waals surface area contributed by atoms with E-state index in [4.69, 9.17) is 0 Å². The molecule has 0 bridgehead atoms. The third-order valence-corrected chi connectivity index (χ3v) is 5.90. The molecule has 2 N–H and O–H groups in total. The molecule has 7 heteroatoms. The Morgan fingerprint density at radius 3 is 2.84 bits per heavy atom. The summed E-state index contributed by atoms with van der Waals surface area (Å²) in [6, 6.07) is 9.98. The van der Waals surface area contributed by atoms with Gasteiger partial charge in [-0.25, -0.2) is 4.79 Å². The third-order valence-electron chi connectivity index (χ3n) is 4.73. The minimum Gasteiger partial charge on any atom is -0.396 e. The van der Waals surface area contributed by atoms with Crippen molar-refractivity contribution in [2.45, 2.75) is 32.1 Å². The summed E-state index contributed by atoms with van der Waals surface area (Å²) in [4.78, 5) is 14.2. The molecule has 1 aliphatic heterocycles. The Morgan fingerprint density at radius 2 is 2.12 bits per heavy atom. The molecule has 1 aromatic carbocycles. The molecule has 1 aromatic heterocycles. The van der Waals surface area contributed by atoms with Gasteiger partial charge in [0.2, 0.25) is 5.13 Å². The van der Waals surface area contributed by atoms with Crippen LogP contribution in [0.25, 0.3) is 0 Å². The van der Waals surface area contributed by atoms with Crippen molar-refractivity contribution in [1.29, 1.82) is 0 Å². The Balaban J connectivity index is 1.68. The normalized spacial score (nSPS) is 18.2. The predicted molar refractivity (Wildman–Crippen MR) is 98.9 cm³/mol. The molecular formula is C18H24N4O2S. The zero-order chi connectivity index (χ0) is 17.9. The molecule has 134 valence electrons. The number of rotatable bonds is 4.